The molecule has 0 unspecified atom stereocenters. The summed E-state index contributed by atoms with van der Waals surface area (Å²) in [4.78, 5) is 11.4. The van der Waals surface area contributed by atoms with Crippen molar-refractivity contribution in [2.24, 2.45) is 17.1 Å². The van der Waals surface area contributed by atoms with Crippen molar-refractivity contribution in [3.8, 4) is 0 Å². The number of nitrogens with two attached hydrogens (primary N) is 1. The second-order valence-electron chi connectivity index (χ2n) is 4.93. The third-order valence-electron chi connectivity index (χ3n) is 4.24. The van der Waals surface area contributed by atoms with E-state index >= 15 is 0 Å². The Bertz CT molecular complexity index is 227. The van der Waals surface area contributed by atoms with Gasteiger partial charge in [0, 0.05) is 6.04 Å². The lowest BCUT2D eigenvalue weighted by Crippen LogP contribution is -2.46. The molecule has 0 radical (unpaired) electrons. The normalized spacial score (nSPS) is 39.1. The first kappa shape index (κ1) is 9.97. The molecule has 0 heterocycles. The molecule has 2 aliphatic carbocycles. The van der Waals surface area contributed by atoms with Crippen LogP contribution >= 0.6 is 0 Å². The minimum Gasteiger partial charge on any atom is -0.481 e. The maximum atomic E-state index is 11.4. The van der Waals surface area contributed by atoms with Gasteiger partial charge in [0.25, 0.3) is 0 Å². The Balaban J connectivity index is 2.10. The van der Waals surface area contributed by atoms with Gasteiger partial charge in [0.1, 0.15) is 0 Å². The highest BCUT2D eigenvalue weighted by molar-refractivity contribution is 5.75. The summed E-state index contributed by atoms with van der Waals surface area (Å²) < 4.78 is 0. The molecule has 0 atom stereocenters. The number of carbonyl (C=O) groups is 1. The van der Waals surface area contributed by atoms with Gasteiger partial charge in [-0.3, -0.25) is 4.79 Å². The molecule has 3 N–H and O–H groups in total. The van der Waals surface area contributed by atoms with E-state index in [0.717, 1.165) is 38.5 Å². The molecular weight excluding hydrogens is 178 g/mol. The van der Waals surface area contributed by atoms with Gasteiger partial charge in [0.05, 0.1) is 5.41 Å². The van der Waals surface area contributed by atoms with Crippen molar-refractivity contribution in [1.29, 1.82) is 0 Å². The molecule has 0 aliphatic heterocycles. The van der Waals surface area contributed by atoms with Crippen LogP contribution in [-0.4, -0.2) is 17.1 Å². The van der Waals surface area contributed by atoms with Crippen molar-refractivity contribution in [2.45, 2.75) is 51.0 Å². The number of aliphatic carboxylic acids is 1. The zero-order valence-corrected chi connectivity index (χ0v) is 8.54. The molecule has 0 aromatic heterocycles. The average Bonchev–Trinajstić information content (AvgIpc) is 2.05. The molecule has 2 fully saturated rings. The van der Waals surface area contributed by atoms with Crippen molar-refractivity contribution in [2.75, 3.05) is 0 Å². The Morgan fingerprint density at radius 1 is 1.21 bits per heavy atom. The molecule has 0 amide bonds. The van der Waals surface area contributed by atoms with Crippen molar-refractivity contribution in [3.63, 3.8) is 0 Å². The lowest BCUT2D eigenvalue weighted by Gasteiger charge is -2.45. The van der Waals surface area contributed by atoms with E-state index in [9.17, 15) is 9.90 Å². The van der Waals surface area contributed by atoms with Crippen molar-refractivity contribution >= 4 is 5.97 Å². The quantitative estimate of drug-likeness (QED) is 0.709. The van der Waals surface area contributed by atoms with Gasteiger partial charge in [-0.1, -0.05) is 6.42 Å². The Kier molecular flexibility index (Phi) is 2.52. The average molecular weight is 197 g/mol. The molecule has 0 bridgehead atoms. The van der Waals surface area contributed by atoms with E-state index in [2.05, 4.69) is 0 Å². The summed E-state index contributed by atoms with van der Waals surface area (Å²) in [6.07, 6.45) is 6.82. The van der Waals surface area contributed by atoms with Crippen LogP contribution in [0.4, 0.5) is 0 Å². The molecule has 3 nitrogen and oxygen atoms in total. The number of rotatable bonds is 2. The van der Waals surface area contributed by atoms with Crippen LogP contribution in [0.25, 0.3) is 0 Å². The van der Waals surface area contributed by atoms with Gasteiger partial charge >= 0.3 is 5.97 Å². The summed E-state index contributed by atoms with van der Waals surface area (Å²) >= 11 is 0. The van der Waals surface area contributed by atoms with Gasteiger partial charge in [-0.15, -0.1) is 0 Å². The summed E-state index contributed by atoms with van der Waals surface area (Å²) in [5.74, 6) is -0.137. The van der Waals surface area contributed by atoms with Crippen LogP contribution < -0.4 is 5.73 Å². The zero-order chi connectivity index (χ0) is 10.2. The van der Waals surface area contributed by atoms with E-state index < -0.39 is 11.4 Å². The fraction of sp³-hybridized carbons (Fsp3) is 0.909. The fourth-order valence-corrected chi connectivity index (χ4v) is 2.91. The monoisotopic (exact) mass is 197 g/mol. The van der Waals surface area contributed by atoms with E-state index in [1.807, 2.05) is 0 Å². The molecule has 14 heavy (non-hydrogen) atoms. The number of hydrogen-bond acceptors (Lipinski definition) is 2. The highest BCUT2D eigenvalue weighted by atomic mass is 16.4. The Morgan fingerprint density at radius 3 is 2.14 bits per heavy atom. The van der Waals surface area contributed by atoms with E-state index in [4.69, 9.17) is 5.73 Å². The molecule has 0 aromatic carbocycles. The van der Waals surface area contributed by atoms with Crippen molar-refractivity contribution in [1.82, 2.24) is 0 Å². The van der Waals surface area contributed by atoms with Crippen LogP contribution in [0, 0.1) is 11.3 Å². The minimum absolute atomic E-state index is 0.238. The Labute approximate surface area is 84.7 Å². The number of carboxylic acids is 1. The van der Waals surface area contributed by atoms with Crippen LogP contribution in [0.5, 0.6) is 0 Å². The maximum absolute atomic E-state index is 11.4. The third kappa shape index (κ3) is 1.44. The van der Waals surface area contributed by atoms with Crippen LogP contribution in [-0.2, 0) is 4.79 Å². The molecule has 2 saturated carbocycles. The van der Waals surface area contributed by atoms with E-state index in [1.165, 1.54) is 6.42 Å². The maximum Gasteiger partial charge on any atom is 0.309 e. The van der Waals surface area contributed by atoms with Gasteiger partial charge < -0.3 is 10.8 Å². The van der Waals surface area contributed by atoms with Gasteiger partial charge in [0.2, 0.25) is 0 Å². The van der Waals surface area contributed by atoms with Gasteiger partial charge in [-0.2, -0.15) is 0 Å². The molecule has 0 saturated heterocycles. The summed E-state index contributed by atoms with van der Waals surface area (Å²) in [5, 5.41) is 9.37. The van der Waals surface area contributed by atoms with Crippen LogP contribution in [0.1, 0.15) is 44.9 Å². The number of carboxylic acid groups (broad SMARTS) is 1. The molecule has 80 valence electrons. The summed E-state index contributed by atoms with van der Waals surface area (Å²) in [6, 6.07) is 0.238. The summed E-state index contributed by atoms with van der Waals surface area (Å²) in [7, 11) is 0. The fourth-order valence-electron chi connectivity index (χ4n) is 2.91. The smallest absolute Gasteiger partial charge is 0.309 e. The standard InChI is InChI=1S/C11H19NO2/c12-9-4-6-11(7-5-9,10(13)14)8-2-1-3-8/h8-9H,1-7,12H2,(H,13,14). The summed E-state index contributed by atoms with van der Waals surface area (Å²) in [5.41, 5.74) is 5.41. The van der Waals surface area contributed by atoms with Crippen LogP contribution in [0.2, 0.25) is 0 Å². The summed E-state index contributed by atoms with van der Waals surface area (Å²) in [6.45, 7) is 0. The van der Waals surface area contributed by atoms with Gasteiger partial charge in [-0.25, -0.2) is 0 Å². The Hall–Kier alpha value is -0.570. The SMILES string of the molecule is NC1CCC(C(=O)O)(C2CCC2)CC1. The molecule has 0 spiro atoms. The van der Waals surface area contributed by atoms with Crippen LogP contribution in [0.3, 0.4) is 0 Å². The molecule has 2 aliphatic rings. The topological polar surface area (TPSA) is 63.3 Å². The molecule has 0 aromatic rings. The zero-order valence-electron chi connectivity index (χ0n) is 8.54. The van der Waals surface area contributed by atoms with E-state index in [-0.39, 0.29) is 6.04 Å². The lowest BCUT2D eigenvalue weighted by molar-refractivity contribution is -0.158. The van der Waals surface area contributed by atoms with Crippen LogP contribution in [0.15, 0.2) is 0 Å². The molecular formula is C11H19NO2. The van der Waals surface area contributed by atoms with Gasteiger partial charge in [0.15, 0.2) is 0 Å². The lowest BCUT2D eigenvalue weighted by atomic mass is 9.58. The van der Waals surface area contributed by atoms with Crippen molar-refractivity contribution in [3.05, 3.63) is 0 Å². The Morgan fingerprint density at radius 2 is 1.79 bits per heavy atom. The first-order valence-electron chi connectivity index (χ1n) is 5.64. The van der Waals surface area contributed by atoms with E-state index in [1.54, 1.807) is 0 Å². The minimum atomic E-state index is -0.575. The predicted molar refractivity (Wildman–Crippen MR) is 53.9 cm³/mol. The number of hydrogen-bond donors (Lipinski definition) is 2. The van der Waals surface area contributed by atoms with E-state index in [0.29, 0.717) is 5.92 Å². The first-order chi connectivity index (χ1) is 6.65. The third-order valence-corrected chi connectivity index (χ3v) is 4.24. The molecule has 3 heteroatoms. The first-order valence-corrected chi connectivity index (χ1v) is 5.64. The second-order valence-corrected chi connectivity index (χ2v) is 4.93. The largest absolute Gasteiger partial charge is 0.481 e. The van der Waals surface area contributed by atoms with Gasteiger partial charge in [-0.05, 0) is 44.4 Å². The van der Waals surface area contributed by atoms with Crippen molar-refractivity contribution < 1.29 is 9.90 Å². The highest BCUT2D eigenvalue weighted by Gasteiger charge is 2.49. The predicted octanol–water partition coefficient (Wildman–Crippen LogP) is 1.76. The highest BCUT2D eigenvalue weighted by Crippen LogP contribution is 2.50. The molecule has 2 rings (SSSR count). The second kappa shape index (κ2) is 3.54.